The topological polar surface area (TPSA) is 50.1 Å². The van der Waals surface area contributed by atoms with E-state index in [-0.39, 0.29) is 12.6 Å². The smallest absolute Gasteiger partial charge is 0.0877 e. The van der Waals surface area contributed by atoms with Crippen LogP contribution in [0.25, 0.3) is 5.69 Å². The summed E-state index contributed by atoms with van der Waals surface area (Å²) in [7, 11) is 0. The lowest BCUT2D eigenvalue weighted by Crippen LogP contribution is -2.10. The van der Waals surface area contributed by atoms with Gasteiger partial charge < -0.3 is 10.4 Å². The first-order valence-electron chi connectivity index (χ1n) is 7.75. The molecule has 0 bridgehead atoms. The summed E-state index contributed by atoms with van der Waals surface area (Å²) in [5, 5.41) is 17.3. The molecule has 0 aliphatic rings. The Labute approximate surface area is 136 Å². The highest BCUT2D eigenvalue weighted by atomic mass is 16.3. The van der Waals surface area contributed by atoms with Crippen LogP contribution in [0, 0.1) is 6.92 Å². The SMILES string of the molecule is Cc1ccn(-c2ccccc2NC(C)c2cccc(CO)c2)n1. The molecule has 0 amide bonds. The number of aliphatic hydroxyl groups excluding tert-OH is 1. The molecular formula is C19H21N3O. The first-order chi connectivity index (χ1) is 11.2. The highest BCUT2D eigenvalue weighted by Crippen LogP contribution is 2.25. The van der Waals surface area contributed by atoms with Gasteiger partial charge in [0, 0.05) is 12.2 Å². The molecule has 3 rings (SSSR count). The van der Waals surface area contributed by atoms with Gasteiger partial charge in [-0.1, -0.05) is 36.4 Å². The van der Waals surface area contributed by atoms with Gasteiger partial charge in [-0.2, -0.15) is 5.10 Å². The summed E-state index contributed by atoms with van der Waals surface area (Å²) >= 11 is 0. The van der Waals surface area contributed by atoms with Crippen LogP contribution in [-0.4, -0.2) is 14.9 Å². The van der Waals surface area contributed by atoms with Crippen LogP contribution in [-0.2, 0) is 6.61 Å². The monoisotopic (exact) mass is 307 g/mol. The van der Waals surface area contributed by atoms with Crippen molar-refractivity contribution >= 4 is 5.69 Å². The minimum Gasteiger partial charge on any atom is -0.392 e. The minimum atomic E-state index is 0.0592. The second-order valence-electron chi connectivity index (χ2n) is 5.69. The third-order valence-corrected chi connectivity index (χ3v) is 3.88. The number of aliphatic hydroxyl groups is 1. The average molecular weight is 307 g/mol. The molecule has 23 heavy (non-hydrogen) atoms. The molecule has 4 heteroatoms. The van der Waals surface area contributed by atoms with Gasteiger partial charge in [0.25, 0.3) is 0 Å². The number of hydrogen-bond acceptors (Lipinski definition) is 3. The van der Waals surface area contributed by atoms with Gasteiger partial charge in [0.2, 0.25) is 0 Å². The van der Waals surface area contributed by atoms with E-state index in [1.807, 2.05) is 60.3 Å². The molecule has 0 aliphatic heterocycles. The predicted octanol–water partition coefficient (Wildman–Crippen LogP) is 3.85. The van der Waals surface area contributed by atoms with Crippen LogP contribution in [0.5, 0.6) is 0 Å². The first kappa shape index (κ1) is 15.3. The fourth-order valence-corrected chi connectivity index (χ4v) is 2.62. The molecule has 0 saturated heterocycles. The highest BCUT2D eigenvalue weighted by Gasteiger charge is 2.10. The number of aromatic nitrogens is 2. The van der Waals surface area contributed by atoms with Gasteiger partial charge in [-0.15, -0.1) is 0 Å². The van der Waals surface area contributed by atoms with Crippen molar-refractivity contribution < 1.29 is 5.11 Å². The molecule has 2 aromatic carbocycles. The second-order valence-corrected chi connectivity index (χ2v) is 5.69. The molecule has 1 aromatic heterocycles. The summed E-state index contributed by atoms with van der Waals surface area (Å²) in [4.78, 5) is 0. The summed E-state index contributed by atoms with van der Waals surface area (Å²) in [5.74, 6) is 0. The Kier molecular flexibility index (Phi) is 4.44. The Morgan fingerprint density at radius 1 is 1.13 bits per heavy atom. The van der Waals surface area contributed by atoms with Gasteiger partial charge >= 0.3 is 0 Å². The van der Waals surface area contributed by atoms with E-state index in [4.69, 9.17) is 0 Å². The van der Waals surface area contributed by atoms with E-state index in [0.29, 0.717) is 0 Å². The molecular weight excluding hydrogens is 286 g/mol. The van der Waals surface area contributed by atoms with Crippen molar-refractivity contribution in [1.82, 2.24) is 9.78 Å². The van der Waals surface area contributed by atoms with Gasteiger partial charge in [-0.05, 0) is 43.2 Å². The number of rotatable bonds is 5. The number of para-hydroxylation sites is 2. The number of nitrogens with zero attached hydrogens (tertiary/aromatic N) is 2. The molecule has 0 spiro atoms. The number of aryl methyl sites for hydroxylation is 1. The molecule has 3 aromatic rings. The molecule has 118 valence electrons. The van der Waals surface area contributed by atoms with Gasteiger partial charge in [0.05, 0.1) is 23.7 Å². The van der Waals surface area contributed by atoms with Gasteiger partial charge in [0.1, 0.15) is 0 Å². The fourth-order valence-electron chi connectivity index (χ4n) is 2.62. The molecule has 1 heterocycles. The summed E-state index contributed by atoms with van der Waals surface area (Å²) in [6.07, 6.45) is 1.97. The highest BCUT2D eigenvalue weighted by molar-refractivity contribution is 5.61. The maximum Gasteiger partial charge on any atom is 0.0877 e. The van der Waals surface area contributed by atoms with Crippen LogP contribution in [0.2, 0.25) is 0 Å². The Balaban J connectivity index is 1.88. The second kappa shape index (κ2) is 6.67. The number of nitrogens with one attached hydrogen (secondary N) is 1. The van der Waals surface area contributed by atoms with Gasteiger partial charge in [-0.3, -0.25) is 0 Å². The van der Waals surface area contributed by atoms with Crippen LogP contribution in [0.4, 0.5) is 5.69 Å². The summed E-state index contributed by atoms with van der Waals surface area (Å²) < 4.78 is 1.88. The lowest BCUT2D eigenvalue weighted by molar-refractivity contribution is 0.281. The zero-order chi connectivity index (χ0) is 16.2. The zero-order valence-electron chi connectivity index (χ0n) is 13.4. The summed E-state index contributed by atoms with van der Waals surface area (Å²) in [5.41, 5.74) is 5.10. The zero-order valence-corrected chi connectivity index (χ0v) is 13.4. The molecule has 0 radical (unpaired) electrons. The van der Waals surface area contributed by atoms with Crippen molar-refractivity contribution in [2.75, 3.05) is 5.32 Å². The average Bonchev–Trinajstić information content (AvgIpc) is 3.01. The van der Waals surface area contributed by atoms with Crippen LogP contribution in [0.15, 0.2) is 60.8 Å². The molecule has 0 saturated carbocycles. The molecule has 4 nitrogen and oxygen atoms in total. The van der Waals surface area contributed by atoms with Crippen molar-refractivity contribution in [3.05, 3.63) is 77.6 Å². The van der Waals surface area contributed by atoms with E-state index < -0.39 is 0 Å². The number of benzene rings is 2. The van der Waals surface area contributed by atoms with Crippen molar-refractivity contribution in [3.8, 4) is 5.69 Å². The lowest BCUT2D eigenvalue weighted by Gasteiger charge is -2.19. The van der Waals surface area contributed by atoms with Gasteiger partial charge in [0.15, 0.2) is 0 Å². The van der Waals surface area contributed by atoms with E-state index in [1.54, 1.807) is 0 Å². The van der Waals surface area contributed by atoms with Crippen LogP contribution >= 0.6 is 0 Å². The molecule has 0 fully saturated rings. The standard InChI is InChI=1S/C19H21N3O/c1-14-10-11-22(21-14)19-9-4-3-8-18(19)20-15(2)17-7-5-6-16(12-17)13-23/h3-12,15,20,23H,13H2,1-2H3. The molecule has 2 N–H and O–H groups in total. The Morgan fingerprint density at radius 3 is 2.70 bits per heavy atom. The van der Waals surface area contributed by atoms with Crippen molar-refractivity contribution in [1.29, 1.82) is 0 Å². The lowest BCUT2D eigenvalue weighted by atomic mass is 10.0. The summed E-state index contributed by atoms with van der Waals surface area (Å²) in [6, 6.07) is 18.2. The van der Waals surface area contributed by atoms with E-state index in [1.165, 1.54) is 0 Å². The Bertz CT molecular complexity index is 795. The van der Waals surface area contributed by atoms with E-state index in [0.717, 1.165) is 28.2 Å². The van der Waals surface area contributed by atoms with Crippen LogP contribution in [0.3, 0.4) is 0 Å². The Hall–Kier alpha value is -2.59. The minimum absolute atomic E-state index is 0.0592. The quantitative estimate of drug-likeness (QED) is 0.753. The van der Waals surface area contributed by atoms with Crippen molar-refractivity contribution in [3.63, 3.8) is 0 Å². The van der Waals surface area contributed by atoms with E-state index in [2.05, 4.69) is 29.5 Å². The van der Waals surface area contributed by atoms with Gasteiger partial charge in [-0.25, -0.2) is 4.68 Å². The number of hydrogen-bond donors (Lipinski definition) is 2. The normalized spacial score (nSPS) is 12.1. The maximum absolute atomic E-state index is 9.30. The largest absolute Gasteiger partial charge is 0.392 e. The molecule has 0 aliphatic carbocycles. The van der Waals surface area contributed by atoms with Crippen molar-refractivity contribution in [2.24, 2.45) is 0 Å². The predicted molar refractivity (Wildman–Crippen MR) is 92.7 cm³/mol. The third-order valence-electron chi connectivity index (χ3n) is 3.88. The van der Waals surface area contributed by atoms with Crippen LogP contribution < -0.4 is 5.32 Å². The maximum atomic E-state index is 9.30. The Morgan fingerprint density at radius 2 is 1.96 bits per heavy atom. The fraction of sp³-hybridized carbons (Fsp3) is 0.211. The molecule has 1 atom stereocenters. The third kappa shape index (κ3) is 3.43. The van der Waals surface area contributed by atoms with E-state index >= 15 is 0 Å². The number of anilines is 1. The van der Waals surface area contributed by atoms with E-state index in [9.17, 15) is 5.11 Å². The first-order valence-corrected chi connectivity index (χ1v) is 7.75. The molecule has 1 unspecified atom stereocenters. The van der Waals surface area contributed by atoms with Crippen LogP contribution in [0.1, 0.15) is 29.8 Å². The summed E-state index contributed by atoms with van der Waals surface area (Å²) in [6.45, 7) is 4.15. The van der Waals surface area contributed by atoms with Crippen molar-refractivity contribution in [2.45, 2.75) is 26.5 Å².